The van der Waals surface area contributed by atoms with Gasteiger partial charge in [0.15, 0.2) is 0 Å². The van der Waals surface area contributed by atoms with Gasteiger partial charge in [0.05, 0.1) is 27.0 Å². The van der Waals surface area contributed by atoms with Crippen molar-refractivity contribution in [2.45, 2.75) is 0 Å². The van der Waals surface area contributed by atoms with Gasteiger partial charge in [-0.1, -0.05) is 12.1 Å². The number of nitrogens with zero attached hydrogens (tertiary/aromatic N) is 1. The number of hydrogen-bond donors (Lipinski definition) is 0. The van der Waals surface area contributed by atoms with E-state index in [9.17, 15) is 14.4 Å². The molecular formula is C14H17NO6. The molecule has 0 aliphatic heterocycles. The summed E-state index contributed by atoms with van der Waals surface area (Å²) in [7, 11) is 5.07. The molecule has 0 aromatic heterocycles. The van der Waals surface area contributed by atoms with Gasteiger partial charge in [-0.05, 0) is 12.1 Å². The summed E-state index contributed by atoms with van der Waals surface area (Å²) in [6.45, 7) is 0. The number of amides is 1. The van der Waals surface area contributed by atoms with Gasteiger partial charge in [0.25, 0.3) is 5.91 Å². The fourth-order valence-corrected chi connectivity index (χ4v) is 1.75. The van der Waals surface area contributed by atoms with Crippen molar-refractivity contribution >= 4 is 23.5 Å². The molecule has 0 spiro atoms. The number of carbonyl (C=O) groups excluding carboxylic acids is 3. The first-order chi connectivity index (χ1) is 9.97. The van der Waals surface area contributed by atoms with Crippen LogP contribution in [0.3, 0.4) is 0 Å². The molecule has 0 bridgehead atoms. The summed E-state index contributed by atoms with van der Waals surface area (Å²) in [6.07, 6.45) is 0. The number of methoxy groups -OCH3 is 3. The van der Waals surface area contributed by atoms with Gasteiger partial charge in [0.1, 0.15) is 5.75 Å². The predicted octanol–water partition coefficient (Wildman–Crippen LogP) is 0.620. The molecule has 0 fully saturated rings. The smallest absolute Gasteiger partial charge is 0.329 e. The zero-order valence-corrected chi connectivity index (χ0v) is 12.3. The maximum Gasteiger partial charge on any atom is 0.329 e. The monoisotopic (exact) mass is 295 g/mol. The van der Waals surface area contributed by atoms with Crippen LogP contribution in [0.2, 0.25) is 0 Å². The van der Waals surface area contributed by atoms with Crippen molar-refractivity contribution in [3.05, 3.63) is 24.3 Å². The lowest BCUT2D eigenvalue weighted by atomic mass is 10.1. The molecule has 21 heavy (non-hydrogen) atoms. The van der Waals surface area contributed by atoms with Gasteiger partial charge in [-0.25, -0.2) is 0 Å². The molecule has 7 heteroatoms. The maximum absolute atomic E-state index is 12.4. The average Bonchev–Trinajstić information content (AvgIpc) is 2.53. The van der Waals surface area contributed by atoms with Gasteiger partial charge < -0.3 is 19.1 Å². The van der Waals surface area contributed by atoms with Crippen molar-refractivity contribution < 1.29 is 28.6 Å². The zero-order chi connectivity index (χ0) is 16.0. The van der Waals surface area contributed by atoms with Crippen molar-refractivity contribution in [2.24, 2.45) is 5.92 Å². The van der Waals surface area contributed by atoms with E-state index in [1.807, 2.05) is 0 Å². The van der Waals surface area contributed by atoms with E-state index in [4.69, 9.17) is 4.74 Å². The van der Waals surface area contributed by atoms with Gasteiger partial charge in [-0.15, -0.1) is 0 Å². The predicted molar refractivity (Wildman–Crippen MR) is 73.9 cm³/mol. The highest BCUT2D eigenvalue weighted by molar-refractivity contribution is 6.19. The van der Waals surface area contributed by atoms with Crippen LogP contribution in [0.25, 0.3) is 0 Å². The minimum absolute atomic E-state index is 0.419. The van der Waals surface area contributed by atoms with E-state index in [0.29, 0.717) is 11.4 Å². The number of benzene rings is 1. The Kier molecular flexibility index (Phi) is 5.71. The molecule has 0 saturated carbocycles. The highest BCUT2D eigenvalue weighted by Gasteiger charge is 2.39. The molecule has 0 radical (unpaired) electrons. The number of anilines is 1. The number of para-hydroxylation sites is 2. The lowest BCUT2D eigenvalue weighted by molar-refractivity contribution is -0.161. The van der Waals surface area contributed by atoms with Gasteiger partial charge in [0.2, 0.25) is 5.92 Å². The van der Waals surface area contributed by atoms with Gasteiger partial charge in [-0.2, -0.15) is 0 Å². The highest BCUT2D eigenvalue weighted by atomic mass is 16.5. The van der Waals surface area contributed by atoms with Crippen LogP contribution < -0.4 is 9.64 Å². The summed E-state index contributed by atoms with van der Waals surface area (Å²) in [6, 6.07) is 6.72. The number of hydrogen-bond acceptors (Lipinski definition) is 6. The van der Waals surface area contributed by atoms with Gasteiger partial charge >= 0.3 is 11.9 Å². The zero-order valence-electron chi connectivity index (χ0n) is 12.3. The van der Waals surface area contributed by atoms with Crippen molar-refractivity contribution in [3.8, 4) is 5.75 Å². The quantitative estimate of drug-likeness (QED) is 0.585. The summed E-state index contributed by atoms with van der Waals surface area (Å²) in [5.41, 5.74) is 0.419. The van der Waals surface area contributed by atoms with Crippen LogP contribution in [0, 0.1) is 5.92 Å². The molecule has 0 aliphatic rings. The van der Waals surface area contributed by atoms with E-state index >= 15 is 0 Å². The van der Waals surface area contributed by atoms with E-state index in [2.05, 4.69) is 9.47 Å². The Morgan fingerprint density at radius 3 is 2.00 bits per heavy atom. The summed E-state index contributed by atoms with van der Waals surface area (Å²) in [4.78, 5) is 36.8. The molecule has 0 atom stereocenters. The molecular weight excluding hydrogens is 278 g/mol. The first-order valence-corrected chi connectivity index (χ1v) is 6.04. The standard InChI is InChI=1S/C14H17NO6/c1-15(9-7-5-6-8-10(9)19-2)12(16)11(13(17)20-3)14(18)21-4/h5-8,11H,1-4H3. The summed E-state index contributed by atoms with van der Waals surface area (Å²) in [5.74, 6) is -3.96. The van der Waals surface area contributed by atoms with E-state index in [-0.39, 0.29) is 0 Å². The fourth-order valence-electron chi connectivity index (χ4n) is 1.75. The Labute approximate surface area is 122 Å². The largest absolute Gasteiger partial charge is 0.495 e. The van der Waals surface area contributed by atoms with Crippen LogP contribution >= 0.6 is 0 Å². The summed E-state index contributed by atoms with van der Waals surface area (Å²) in [5, 5.41) is 0. The Hall–Kier alpha value is -2.57. The fraction of sp³-hybridized carbons (Fsp3) is 0.357. The van der Waals surface area contributed by atoms with Crippen LogP contribution in [0.1, 0.15) is 0 Å². The van der Waals surface area contributed by atoms with Crippen LogP contribution in [0.15, 0.2) is 24.3 Å². The minimum Gasteiger partial charge on any atom is -0.495 e. The first kappa shape index (κ1) is 16.5. The second kappa shape index (κ2) is 7.28. The van der Waals surface area contributed by atoms with Crippen LogP contribution in [-0.4, -0.2) is 46.2 Å². The third-order valence-electron chi connectivity index (χ3n) is 2.90. The number of carbonyl (C=O) groups is 3. The van der Waals surface area contributed by atoms with Crippen LogP contribution in [0.5, 0.6) is 5.75 Å². The summed E-state index contributed by atoms with van der Waals surface area (Å²) < 4.78 is 14.1. The third kappa shape index (κ3) is 3.50. The average molecular weight is 295 g/mol. The van der Waals surface area contributed by atoms with Crippen molar-refractivity contribution in [2.75, 3.05) is 33.3 Å². The lowest BCUT2D eigenvalue weighted by Crippen LogP contribution is -2.42. The Morgan fingerprint density at radius 1 is 1.00 bits per heavy atom. The SMILES string of the molecule is COC(=O)C(C(=O)OC)C(=O)N(C)c1ccccc1OC. The molecule has 0 heterocycles. The molecule has 7 nitrogen and oxygen atoms in total. The Balaban J connectivity index is 3.14. The minimum atomic E-state index is -1.67. The van der Waals surface area contributed by atoms with Gasteiger partial charge in [0, 0.05) is 7.05 Å². The lowest BCUT2D eigenvalue weighted by Gasteiger charge is -2.22. The highest BCUT2D eigenvalue weighted by Crippen LogP contribution is 2.27. The molecule has 0 N–H and O–H groups in total. The Bertz CT molecular complexity index is 526. The maximum atomic E-state index is 12.4. The van der Waals surface area contributed by atoms with E-state index in [1.165, 1.54) is 14.2 Å². The van der Waals surface area contributed by atoms with Crippen LogP contribution in [0.4, 0.5) is 5.69 Å². The van der Waals surface area contributed by atoms with E-state index in [1.54, 1.807) is 24.3 Å². The van der Waals surface area contributed by atoms with Crippen LogP contribution in [-0.2, 0) is 23.9 Å². The molecule has 1 aromatic carbocycles. The topological polar surface area (TPSA) is 82.1 Å². The van der Waals surface area contributed by atoms with Crippen molar-refractivity contribution in [1.29, 1.82) is 0 Å². The second-order valence-corrected chi connectivity index (χ2v) is 4.05. The van der Waals surface area contributed by atoms with Crippen molar-refractivity contribution in [3.63, 3.8) is 0 Å². The summed E-state index contributed by atoms with van der Waals surface area (Å²) >= 11 is 0. The molecule has 0 unspecified atom stereocenters. The number of ether oxygens (including phenoxy) is 3. The van der Waals surface area contributed by atoms with Gasteiger partial charge in [-0.3, -0.25) is 14.4 Å². The Morgan fingerprint density at radius 2 is 1.52 bits per heavy atom. The third-order valence-corrected chi connectivity index (χ3v) is 2.90. The molecule has 0 saturated heterocycles. The second-order valence-electron chi connectivity index (χ2n) is 4.05. The van der Waals surface area contributed by atoms with E-state index < -0.39 is 23.8 Å². The molecule has 114 valence electrons. The molecule has 1 amide bonds. The normalized spacial score (nSPS) is 9.95. The van der Waals surface area contributed by atoms with E-state index in [0.717, 1.165) is 19.1 Å². The molecule has 1 rings (SSSR count). The first-order valence-electron chi connectivity index (χ1n) is 6.04. The number of rotatable bonds is 5. The molecule has 1 aromatic rings. The number of esters is 2. The van der Waals surface area contributed by atoms with Crippen molar-refractivity contribution in [1.82, 2.24) is 0 Å². The molecule has 0 aliphatic carbocycles.